The fourth-order valence-electron chi connectivity index (χ4n) is 3.63. The molecule has 9 nitrogen and oxygen atoms in total. The number of hydrogen-bond acceptors (Lipinski definition) is 8. The highest BCUT2D eigenvalue weighted by Crippen LogP contribution is 2.31. The van der Waals surface area contributed by atoms with Crippen LogP contribution in [0, 0.1) is 13.8 Å². The summed E-state index contributed by atoms with van der Waals surface area (Å²) < 4.78 is 21.2. The highest BCUT2D eigenvalue weighted by Gasteiger charge is 2.34. The number of anilines is 1. The predicted molar refractivity (Wildman–Crippen MR) is 139 cm³/mol. The first-order valence-corrected chi connectivity index (χ1v) is 11.6. The van der Waals surface area contributed by atoms with Crippen molar-refractivity contribution in [2.45, 2.75) is 20.5 Å². The summed E-state index contributed by atoms with van der Waals surface area (Å²) in [5.41, 5.74) is 3.10. The van der Waals surface area contributed by atoms with E-state index in [9.17, 15) is 14.4 Å². The molecular formula is C27H24N2O7S. The van der Waals surface area contributed by atoms with E-state index in [0.717, 1.165) is 11.1 Å². The minimum Gasteiger partial charge on any atom is -0.493 e. The van der Waals surface area contributed by atoms with Crippen molar-refractivity contribution >= 4 is 46.9 Å². The van der Waals surface area contributed by atoms with Gasteiger partial charge in [0.15, 0.2) is 16.6 Å². The average Bonchev–Trinajstić information content (AvgIpc) is 3.36. The molecule has 3 aromatic rings. The van der Waals surface area contributed by atoms with Crippen LogP contribution in [0.5, 0.6) is 11.5 Å². The number of amides is 2. The Balaban J connectivity index is 1.56. The molecule has 37 heavy (non-hydrogen) atoms. The molecule has 0 spiro atoms. The fraction of sp³-hybridized carbons (Fsp3) is 0.185. The second kappa shape index (κ2) is 10.7. The molecule has 2 aromatic carbocycles. The van der Waals surface area contributed by atoms with Crippen molar-refractivity contribution in [3.05, 3.63) is 82.3 Å². The monoisotopic (exact) mass is 520 g/mol. The molecule has 1 aliphatic heterocycles. The van der Waals surface area contributed by atoms with Gasteiger partial charge in [0.1, 0.15) is 17.9 Å². The lowest BCUT2D eigenvalue weighted by molar-refractivity contribution is -0.122. The first-order chi connectivity index (χ1) is 17.7. The fourth-order valence-corrected chi connectivity index (χ4v) is 3.91. The Morgan fingerprint density at radius 1 is 1.03 bits per heavy atom. The Hall–Kier alpha value is -4.44. The quantitative estimate of drug-likeness (QED) is 0.215. The number of carbonyl (C=O) groups is 3. The summed E-state index contributed by atoms with van der Waals surface area (Å²) in [6.07, 6.45) is 1.47. The molecule has 1 fully saturated rings. The molecule has 0 unspecified atom stereocenters. The van der Waals surface area contributed by atoms with Gasteiger partial charge in [0.05, 0.1) is 19.9 Å². The number of carbonyl (C=O) groups excluding carboxylic acids is 3. The van der Waals surface area contributed by atoms with E-state index in [0.29, 0.717) is 28.5 Å². The van der Waals surface area contributed by atoms with E-state index >= 15 is 0 Å². The van der Waals surface area contributed by atoms with Crippen molar-refractivity contribution in [2.75, 3.05) is 19.1 Å². The largest absolute Gasteiger partial charge is 0.493 e. The molecule has 1 N–H and O–H groups in total. The molecule has 0 atom stereocenters. The highest BCUT2D eigenvalue weighted by molar-refractivity contribution is 7.80. The van der Waals surface area contributed by atoms with Crippen molar-refractivity contribution in [2.24, 2.45) is 0 Å². The van der Waals surface area contributed by atoms with E-state index in [-0.39, 0.29) is 23.1 Å². The Morgan fingerprint density at radius 2 is 1.81 bits per heavy atom. The zero-order valence-electron chi connectivity index (χ0n) is 20.6. The summed E-state index contributed by atoms with van der Waals surface area (Å²) in [5.74, 6) is -0.443. The molecule has 190 valence electrons. The molecule has 2 amide bonds. The van der Waals surface area contributed by atoms with E-state index in [2.05, 4.69) is 10.1 Å². The van der Waals surface area contributed by atoms with Gasteiger partial charge in [0, 0.05) is 0 Å². The molecule has 0 bridgehead atoms. The van der Waals surface area contributed by atoms with Gasteiger partial charge in [-0.05, 0) is 85.2 Å². The molecule has 0 aliphatic carbocycles. The second-order valence-electron chi connectivity index (χ2n) is 8.18. The zero-order valence-corrected chi connectivity index (χ0v) is 21.4. The third-order valence-corrected chi connectivity index (χ3v) is 6.05. The minimum absolute atomic E-state index is 0.0185. The molecule has 4 rings (SSSR count). The molecular weight excluding hydrogens is 496 g/mol. The van der Waals surface area contributed by atoms with Crippen molar-refractivity contribution in [3.63, 3.8) is 0 Å². The van der Waals surface area contributed by atoms with Crippen LogP contribution in [-0.4, -0.2) is 37.1 Å². The summed E-state index contributed by atoms with van der Waals surface area (Å²) >= 11 is 5.28. The van der Waals surface area contributed by atoms with Crippen LogP contribution in [0.1, 0.15) is 33.0 Å². The number of ether oxygens (including phenoxy) is 3. The molecule has 0 radical (unpaired) electrons. The maximum Gasteiger partial charge on any atom is 0.373 e. The molecule has 1 aliphatic rings. The SMILES string of the molecule is COC(=O)c1ccc(COc2ccc(/C=C3/C(=O)NC(=S)N(c4ccc(C)c(C)c4)C3=O)cc2OC)o1. The third kappa shape index (κ3) is 5.39. The number of furan rings is 1. The van der Waals surface area contributed by atoms with Crippen molar-refractivity contribution in [1.29, 1.82) is 0 Å². The maximum atomic E-state index is 13.3. The summed E-state index contributed by atoms with van der Waals surface area (Å²) in [6.45, 7) is 3.94. The first-order valence-electron chi connectivity index (χ1n) is 11.2. The number of benzene rings is 2. The van der Waals surface area contributed by atoms with Gasteiger partial charge in [-0.2, -0.15) is 0 Å². The lowest BCUT2D eigenvalue weighted by Crippen LogP contribution is -2.54. The molecule has 1 saturated heterocycles. The van der Waals surface area contributed by atoms with E-state index in [1.165, 1.54) is 31.3 Å². The number of nitrogens with one attached hydrogen (secondary N) is 1. The van der Waals surface area contributed by atoms with E-state index in [4.69, 9.17) is 26.1 Å². The molecule has 0 saturated carbocycles. The Labute approximate surface area is 218 Å². The lowest BCUT2D eigenvalue weighted by Gasteiger charge is -2.29. The number of aryl methyl sites for hydroxylation is 2. The Bertz CT molecular complexity index is 1440. The molecule has 2 heterocycles. The first kappa shape index (κ1) is 25.6. The normalized spacial score (nSPS) is 14.5. The van der Waals surface area contributed by atoms with Gasteiger partial charge < -0.3 is 18.6 Å². The third-order valence-electron chi connectivity index (χ3n) is 5.77. The number of methoxy groups -OCH3 is 2. The number of nitrogens with zero attached hydrogens (tertiary/aromatic N) is 1. The summed E-state index contributed by atoms with van der Waals surface area (Å²) in [5, 5.41) is 2.60. The van der Waals surface area contributed by atoms with E-state index < -0.39 is 17.8 Å². The van der Waals surface area contributed by atoms with Crippen LogP contribution in [0.2, 0.25) is 0 Å². The van der Waals surface area contributed by atoms with Crippen LogP contribution < -0.4 is 19.7 Å². The topological polar surface area (TPSA) is 107 Å². The van der Waals surface area contributed by atoms with Crippen molar-refractivity contribution < 1.29 is 33.0 Å². The van der Waals surface area contributed by atoms with Crippen LogP contribution >= 0.6 is 12.2 Å². The van der Waals surface area contributed by atoms with Crippen LogP contribution in [-0.2, 0) is 20.9 Å². The maximum absolute atomic E-state index is 13.3. The number of esters is 1. The van der Waals surface area contributed by atoms with Gasteiger partial charge in [0.25, 0.3) is 11.8 Å². The van der Waals surface area contributed by atoms with Gasteiger partial charge in [-0.15, -0.1) is 0 Å². The van der Waals surface area contributed by atoms with Crippen LogP contribution in [0.4, 0.5) is 5.69 Å². The van der Waals surface area contributed by atoms with Crippen LogP contribution in [0.15, 0.2) is 58.5 Å². The van der Waals surface area contributed by atoms with E-state index in [1.54, 1.807) is 30.3 Å². The molecule has 1 aromatic heterocycles. The average molecular weight is 521 g/mol. The van der Waals surface area contributed by atoms with Crippen molar-refractivity contribution in [1.82, 2.24) is 5.32 Å². The van der Waals surface area contributed by atoms with E-state index in [1.807, 2.05) is 26.0 Å². The van der Waals surface area contributed by atoms with Crippen LogP contribution in [0.3, 0.4) is 0 Å². The number of thiocarbonyl (C=S) groups is 1. The van der Waals surface area contributed by atoms with Gasteiger partial charge in [-0.25, -0.2) is 4.79 Å². The van der Waals surface area contributed by atoms with Gasteiger partial charge in [-0.1, -0.05) is 12.1 Å². The Kier molecular flexibility index (Phi) is 7.40. The number of hydrogen-bond donors (Lipinski definition) is 1. The zero-order chi connectivity index (χ0) is 26.7. The van der Waals surface area contributed by atoms with Gasteiger partial charge >= 0.3 is 5.97 Å². The predicted octanol–water partition coefficient (Wildman–Crippen LogP) is 4.10. The lowest BCUT2D eigenvalue weighted by atomic mass is 10.0. The summed E-state index contributed by atoms with van der Waals surface area (Å²) in [4.78, 5) is 38.8. The summed E-state index contributed by atoms with van der Waals surface area (Å²) in [7, 11) is 2.74. The highest BCUT2D eigenvalue weighted by atomic mass is 32.1. The smallest absolute Gasteiger partial charge is 0.373 e. The standard InChI is InChI=1S/C27H24N2O7S/c1-15-5-7-18(11-16(15)2)29-25(31)20(24(30)28-27(29)37)12-17-6-9-21(23(13-17)33-3)35-14-19-8-10-22(36-19)26(32)34-4/h5-13H,14H2,1-4H3,(H,28,30,37)/b20-12-. The summed E-state index contributed by atoms with van der Waals surface area (Å²) in [6, 6.07) is 13.6. The Morgan fingerprint density at radius 3 is 2.51 bits per heavy atom. The molecule has 10 heteroatoms. The van der Waals surface area contributed by atoms with Gasteiger partial charge in [-0.3, -0.25) is 19.8 Å². The number of rotatable bonds is 7. The van der Waals surface area contributed by atoms with Crippen molar-refractivity contribution in [3.8, 4) is 11.5 Å². The minimum atomic E-state index is -0.589. The van der Waals surface area contributed by atoms with Crippen LogP contribution in [0.25, 0.3) is 6.08 Å². The second-order valence-corrected chi connectivity index (χ2v) is 8.57. The van der Waals surface area contributed by atoms with Gasteiger partial charge in [0.2, 0.25) is 5.76 Å².